The lowest BCUT2D eigenvalue weighted by atomic mass is 9.95. The van der Waals surface area contributed by atoms with Gasteiger partial charge in [-0.25, -0.2) is 0 Å². The van der Waals surface area contributed by atoms with Crippen LogP contribution in [-0.4, -0.2) is 27.2 Å². The molecular formula is C14H34N2OSi2. The Balaban J connectivity index is 2.55. The topological polar surface area (TPSA) is 61.3 Å². The number of hydrogen-bond acceptors (Lipinski definition) is 3. The van der Waals surface area contributed by atoms with E-state index in [9.17, 15) is 0 Å². The lowest BCUT2D eigenvalue weighted by molar-refractivity contribution is 0.0898. The first-order chi connectivity index (χ1) is 8.62. The van der Waals surface area contributed by atoms with E-state index < -0.39 is 21.1 Å². The highest BCUT2D eigenvalue weighted by atomic mass is 29.3. The fourth-order valence-corrected chi connectivity index (χ4v) is 9.34. The van der Waals surface area contributed by atoms with Gasteiger partial charge in [-0.3, -0.25) is 0 Å². The van der Waals surface area contributed by atoms with Crippen molar-refractivity contribution in [2.75, 3.05) is 0 Å². The fraction of sp³-hybridized carbons (Fsp3) is 1.00. The largest absolute Gasteiger partial charge is 0.414 e. The standard InChI is InChI=1S/C14H34N2OSi2/c1-6-7-8-9-11-14(15,16)13-10-12-18(2,3)19(4,5)17-13/h13H,6-12,15-16H2,1-5H3. The van der Waals surface area contributed by atoms with Crippen LogP contribution < -0.4 is 11.5 Å². The van der Waals surface area contributed by atoms with Gasteiger partial charge in [-0.2, -0.15) is 0 Å². The van der Waals surface area contributed by atoms with Crippen molar-refractivity contribution in [1.29, 1.82) is 0 Å². The molecule has 114 valence electrons. The minimum absolute atomic E-state index is 0.0799. The van der Waals surface area contributed by atoms with Crippen LogP contribution in [-0.2, 0) is 4.43 Å². The molecule has 19 heavy (non-hydrogen) atoms. The molecule has 1 rings (SSSR count). The van der Waals surface area contributed by atoms with Gasteiger partial charge in [0.25, 0.3) is 0 Å². The van der Waals surface area contributed by atoms with Crippen LogP contribution in [0.4, 0.5) is 0 Å². The SMILES string of the molecule is CCCCCCC(N)(N)C1CC[Si](C)(C)[Si](C)(C)O1. The van der Waals surface area contributed by atoms with E-state index in [0.717, 1.165) is 19.3 Å². The van der Waals surface area contributed by atoms with Gasteiger partial charge >= 0.3 is 0 Å². The maximum Gasteiger partial charge on any atom is 0.174 e. The summed E-state index contributed by atoms with van der Waals surface area (Å²) < 4.78 is 6.46. The van der Waals surface area contributed by atoms with Crippen molar-refractivity contribution in [2.45, 2.75) is 89.4 Å². The van der Waals surface area contributed by atoms with Crippen LogP contribution in [0.5, 0.6) is 0 Å². The van der Waals surface area contributed by atoms with Crippen molar-refractivity contribution in [3.63, 3.8) is 0 Å². The molecule has 0 amide bonds. The molecule has 5 heteroatoms. The molecule has 1 saturated heterocycles. The molecule has 3 nitrogen and oxygen atoms in total. The summed E-state index contributed by atoms with van der Waals surface area (Å²) in [4.78, 5) is 0. The highest BCUT2D eigenvalue weighted by molar-refractivity contribution is 7.38. The van der Waals surface area contributed by atoms with Gasteiger partial charge < -0.3 is 15.9 Å². The second-order valence-electron chi connectivity index (χ2n) is 7.46. The Morgan fingerprint density at radius 2 is 1.74 bits per heavy atom. The zero-order chi connectivity index (χ0) is 14.7. The van der Waals surface area contributed by atoms with Crippen molar-refractivity contribution >= 4 is 15.4 Å². The van der Waals surface area contributed by atoms with Gasteiger partial charge in [0.15, 0.2) is 7.83 Å². The molecule has 0 aliphatic carbocycles. The van der Waals surface area contributed by atoms with E-state index in [-0.39, 0.29) is 6.10 Å². The summed E-state index contributed by atoms with van der Waals surface area (Å²) in [6.07, 6.45) is 6.94. The summed E-state index contributed by atoms with van der Waals surface area (Å²) in [7, 11) is -2.74. The smallest absolute Gasteiger partial charge is 0.174 e. The number of hydrogen-bond donors (Lipinski definition) is 2. The normalized spacial score (nSPS) is 26.4. The molecule has 0 saturated carbocycles. The van der Waals surface area contributed by atoms with Gasteiger partial charge in [-0.05, 0) is 25.9 Å². The average molecular weight is 303 g/mol. The molecule has 0 bridgehead atoms. The maximum atomic E-state index is 6.46. The third-order valence-electron chi connectivity index (χ3n) is 5.16. The third kappa shape index (κ3) is 4.39. The Morgan fingerprint density at radius 3 is 2.26 bits per heavy atom. The van der Waals surface area contributed by atoms with Crippen molar-refractivity contribution in [1.82, 2.24) is 0 Å². The van der Waals surface area contributed by atoms with Crippen LogP contribution in [0.2, 0.25) is 32.2 Å². The molecule has 1 aliphatic heterocycles. The van der Waals surface area contributed by atoms with E-state index in [2.05, 4.69) is 33.1 Å². The van der Waals surface area contributed by atoms with Gasteiger partial charge in [0.05, 0.1) is 19.4 Å². The molecule has 1 heterocycles. The molecule has 1 atom stereocenters. The lowest BCUT2D eigenvalue weighted by Gasteiger charge is -2.49. The quantitative estimate of drug-likeness (QED) is 0.449. The molecule has 0 spiro atoms. The van der Waals surface area contributed by atoms with E-state index in [0.29, 0.717) is 0 Å². The zero-order valence-electron chi connectivity index (χ0n) is 13.6. The molecule has 0 aromatic carbocycles. The minimum atomic E-state index is -1.57. The van der Waals surface area contributed by atoms with E-state index >= 15 is 0 Å². The van der Waals surface area contributed by atoms with Crippen LogP contribution >= 0.6 is 0 Å². The fourth-order valence-electron chi connectivity index (χ4n) is 2.76. The van der Waals surface area contributed by atoms with Gasteiger partial charge in [0.1, 0.15) is 0 Å². The molecule has 0 aromatic heterocycles. The van der Waals surface area contributed by atoms with Crippen molar-refractivity contribution in [2.24, 2.45) is 11.5 Å². The van der Waals surface area contributed by atoms with Crippen LogP contribution in [0.1, 0.15) is 45.4 Å². The highest BCUT2D eigenvalue weighted by Crippen LogP contribution is 2.36. The number of nitrogens with two attached hydrogens (primary N) is 2. The van der Waals surface area contributed by atoms with Crippen molar-refractivity contribution < 1.29 is 4.43 Å². The molecule has 0 aromatic rings. The maximum absolute atomic E-state index is 6.46. The zero-order valence-corrected chi connectivity index (χ0v) is 15.6. The van der Waals surface area contributed by atoms with Gasteiger partial charge in [0.2, 0.25) is 0 Å². The summed E-state index contributed by atoms with van der Waals surface area (Å²) in [5, 5.41) is 0. The lowest BCUT2D eigenvalue weighted by Crippen LogP contribution is -2.69. The van der Waals surface area contributed by atoms with Gasteiger partial charge in [0, 0.05) is 0 Å². The van der Waals surface area contributed by atoms with Crippen LogP contribution in [0.15, 0.2) is 0 Å². The molecule has 4 N–H and O–H groups in total. The highest BCUT2D eigenvalue weighted by Gasteiger charge is 2.50. The Bertz CT molecular complexity index is 293. The van der Waals surface area contributed by atoms with E-state index in [1.54, 1.807) is 0 Å². The monoisotopic (exact) mass is 302 g/mol. The van der Waals surface area contributed by atoms with Crippen molar-refractivity contribution in [3.05, 3.63) is 0 Å². The molecule has 1 aliphatic rings. The van der Waals surface area contributed by atoms with Gasteiger partial charge in [-0.1, -0.05) is 51.7 Å². The number of rotatable bonds is 6. The van der Waals surface area contributed by atoms with Crippen molar-refractivity contribution in [3.8, 4) is 0 Å². The second-order valence-corrected chi connectivity index (χ2v) is 22.7. The third-order valence-corrected chi connectivity index (χ3v) is 21.7. The summed E-state index contributed by atoms with van der Waals surface area (Å²) >= 11 is 0. The second kappa shape index (κ2) is 6.39. The summed E-state index contributed by atoms with van der Waals surface area (Å²) in [6.45, 7) is 11.9. The Hall–Kier alpha value is 0.314. The van der Waals surface area contributed by atoms with Gasteiger partial charge in [-0.15, -0.1) is 0 Å². The number of unbranched alkanes of at least 4 members (excludes halogenated alkanes) is 3. The first-order valence-electron chi connectivity index (χ1n) is 7.88. The van der Waals surface area contributed by atoms with E-state index in [4.69, 9.17) is 15.9 Å². The van der Waals surface area contributed by atoms with E-state index in [1.807, 2.05) is 0 Å². The Labute approximate surface area is 121 Å². The first kappa shape index (κ1) is 17.4. The van der Waals surface area contributed by atoms with Crippen LogP contribution in [0.3, 0.4) is 0 Å². The predicted octanol–water partition coefficient (Wildman–Crippen LogP) is 3.35. The molecule has 0 radical (unpaired) electrons. The molecule has 1 unspecified atom stereocenters. The average Bonchev–Trinajstić information content (AvgIpc) is 2.28. The Kier molecular flexibility index (Phi) is 5.84. The minimum Gasteiger partial charge on any atom is -0.414 e. The first-order valence-corrected chi connectivity index (χ1v) is 15.0. The molecule has 1 fully saturated rings. The van der Waals surface area contributed by atoms with Crippen LogP contribution in [0.25, 0.3) is 0 Å². The van der Waals surface area contributed by atoms with E-state index in [1.165, 1.54) is 25.3 Å². The van der Waals surface area contributed by atoms with Crippen LogP contribution in [0, 0.1) is 0 Å². The summed E-state index contributed by atoms with van der Waals surface area (Å²) in [5.41, 5.74) is 12.1. The summed E-state index contributed by atoms with van der Waals surface area (Å²) in [6, 6.07) is 1.32. The molecular weight excluding hydrogens is 268 g/mol. The summed E-state index contributed by atoms with van der Waals surface area (Å²) in [5.74, 6) is 0. The predicted molar refractivity (Wildman–Crippen MR) is 89.1 cm³/mol. The Morgan fingerprint density at radius 1 is 1.11 bits per heavy atom.